The van der Waals surface area contributed by atoms with Crippen LogP contribution in [0, 0.1) is 0 Å². The van der Waals surface area contributed by atoms with Gasteiger partial charge in [0, 0.05) is 24.6 Å². The van der Waals surface area contributed by atoms with Crippen LogP contribution in [0.5, 0.6) is 11.5 Å². The largest absolute Gasteiger partial charge is 0.494 e. The summed E-state index contributed by atoms with van der Waals surface area (Å²) in [7, 11) is 1.63. The minimum absolute atomic E-state index is 0.237. The topological polar surface area (TPSA) is 69.0 Å². The van der Waals surface area contributed by atoms with Gasteiger partial charge >= 0.3 is 0 Å². The molecule has 38 heavy (non-hydrogen) atoms. The van der Waals surface area contributed by atoms with Gasteiger partial charge in [-0.1, -0.05) is 17.7 Å². The highest BCUT2D eigenvalue weighted by molar-refractivity contribution is 7.80. The predicted octanol–water partition coefficient (Wildman–Crippen LogP) is 6.60. The summed E-state index contributed by atoms with van der Waals surface area (Å²) in [6.07, 6.45) is 1.77. The highest BCUT2D eigenvalue weighted by Gasteiger charge is 2.42. The van der Waals surface area contributed by atoms with Gasteiger partial charge in [0.05, 0.1) is 30.0 Å². The molecule has 0 radical (unpaired) electrons. The molecular formula is C29H28ClN3O4S. The van der Waals surface area contributed by atoms with Gasteiger partial charge in [-0.2, -0.15) is 0 Å². The number of hydrogen-bond acceptors (Lipinski definition) is 6. The zero-order valence-electron chi connectivity index (χ0n) is 21.1. The molecule has 1 aliphatic heterocycles. The molecule has 7 nitrogen and oxygen atoms in total. The average Bonchev–Trinajstić information content (AvgIpc) is 3.55. The quantitative estimate of drug-likeness (QED) is 0.175. The third-order valence-electron chi connectivity index (χ3n) is 6.20. The number of methoxy groups -OCH3 is 1. The van der Waals surface area contributed by atoms with E-state index in [2.05, 4.69) is 10.3 Å². The molecule has 4 aromatic rings. The number of pyridine rings is 1. The van der Waals surface area contributed by atoms with Gasteiger partial charge in [0.1, 0.15) is 35.7 Å². The lowest BCUT2D eigenvalue weighted by Crippen LogP contribution is -2.29. The van der Waals surface area contributed by atoms with Crippen molar-refractivity contribution in [3.8, 4) is 22.8 Å². The summed E-state index contributed by atoms with van der Waals surface area (Å²) in [5.41, 5.74) is 2.62. The first kappa shape index (κ1) is 26.0. The number of furan rings is 1. The maximum Gasteiger partial charge on any atom is 0.174 e. The van der Waals surface area contributed by atoms with Crippen LogP contribution in [-0.2, 0) is 4.74 Å². The fourth-order valence-electron chi connectivity index (χ4n) is 4.46. The molecule has 2 atom stereocenters. The number of ether oxygens (including phenoxy) is 3. The highest BCUT2D eigenvalue weighted by Crippen LogP contribution is 2.44. The number of anilines is 1. The van der Waals surface area contributed by atoms with Crippen molar-refractivity contribution in [2.45, 2.75) is 19.0 Å². The van der Waals surface area contributed by atoms with Crippen molar-refractivity contribution in [1.29, 1.82) is 0 Å². The summed E-state index contributed by atoms with van der Waals surface area (Å²) in [5, 5.41) is 4.47. The molecular weight excluding hydrogens is 522 g/mol. The van der Waals surface area contributed by atoms with Crippen molar-refractivity contribution in [3.05, 3.63) is 95.5 Å². The Labute approximate surface area is 232 Å². The van der Waals surface area contributed by atoms with Crippen molar-refractivity contribution >= 4 is 34.6 Å². The summed E-state index contributed by atoms with van der Waals surface area (Å²) in [5.74, 6) is 2.90. The Morgan fingerprint density at radius 1 is 1.03 bits per heavy atom. The zero-order valence-corrected chi connectivity index (χ0v) is 22.7. The summed E-state index contributed by atoms with van der Waals surface area (Å²) < 4.78 is 22.8. The third-order valence-corrected chi connectivity index (χ3v) is 6.81. The molecule has 1 aliphatic rings. The highest BCUT2D eigenvalue weighted by atomic mass is 35.5. The standard InChI is InChI=1S/C29H28ClN3O4S/c1-3-35-21-10-7-19(8-11-21)24-13-14-26(37-24)28-27(23-6-4-5-15-31-23)32-29(38)33(28)20-9-12-25(22(30)18-20)36-17-16-34-2/h4-15,18,27-28H,3,16-17H2,1-2H3,(H,32,38). The van der Waals surface area contributed by atoms with E-state index >= 15 is 0 Å². The van der Waals surface area contributed by atoms with Crippen LogP contribution in [0.4, 0.5) is 5.69 Å². The van der Waals surface area contributed by atoms with E-state index in [0.717, 1.165) is 34.2 Å². The Kier molecular flexibility index (Phi) is 8.12. The minimum atomic E-state index is -0.301. The van der Waals surface area contributed by atoms with Crippen molar-refractivity contribution < 1.29 is 18.6 Å². The molecule has 0 amide bonds. The van der Waals surface area contributed by atoms with E-state index in [0.29, 0.717) is 35.7 Å². The Morgan fingerprint density at radius 3 is 2.58 bits per heavy atom. The molecule has 3 heterocycles. The number of aromatic nitrogens is 1. The predicted molar refractivity (Wildman–Crippen MR) is 152 cm³/mol. The van der Waals surface area contributed by atoms with E-state index in [1.54, 1.807) is 13.3 Å². The first-order chi connectivity index (χ1) is 18.6. The summed E-state index contributed by atoms with van der Waals surface area (Å²) >= 11 is 12.4. The fourth-order valence-corrected chi connectivity index (χ4v) is 5.04. The van der Waals surface area contributed by atoms with Crippen LogP contribution in [0.1, 0.15) is 30.5 Å². The summed E-state index contributed by atoms with van der Waals surface area (Å²) in [4.78, 5) is 6.62. The molecule has 2 aromatic carbocycles. The lowest BCUT2D eigenvalue weighted by atomic mass is 10.0. The fraction of sp³-hybridized carbons (Fsp3) is 0.241. The number of nitrogens with one attached hydrogen (secondary N) is 1. The number of hydrogen-bond donors (Lipinski definition) is 1. The van der Waals surface area contributed by atoms with E-state index in [1.807, 2.05) is 84.6 Å². The molecule has 0 bridgehead atoms. The van der Waals surface area contributed by atoms with Crippen molar-refractivity contribution in [2.24, 2.45) is 0 Å². The Morgan fingerprint density at radius 2 is 1.87 bits per heavy atom. The molecule has 2 unspecified atom stereocenters. The van der Waals surface area contributed by atoms with Crippen LogP contribution in [-0.4, -0.2) is 37.0 Å². The van der Waals surface area contributed by atoms with E-state index in [9.17, 15) is 0 Å². The van der Waals surface area contributed by atoms with Crippen LogP contribution >= 0.6 is 23.8 Å². The maximum absolute atomic E-state index is 6.60. The molecule has 5 rings (SSSR count). The number of nitrogens with zero attached hydrogens (tertiary/aromatic N) is 2. The zero-order chi connectivity index (χ0) is 26.5. The molecule has 0 saturated carbocycles. The Bertz CT molecular complexity index is 1380. The Balaban J connectivity index is 1.50. The summed E-state index contributed by atoms with van der Waals surface area (Å²) in [6, 6.07) is 22.7. The van der Waals surface area contributed by atoms with Gasteiger partial charge in [0.2, 0.25) is 0 Å². The van der Waals surface area contributed by atoms with Gasteiger partial charge in [-0.05, 0) is 85.9 Å². The third kappa shape index (κ3) is 5.48. The number of thiocarbonyl (C=S) groups is 1. The van der Waals surface area contributed by atoms with Crippen molar-refractivity contribution in [1.82, 2.24) is 10.3 Å². The van der Waals surface area contributed by atoms with Crippen LogP contribution < -0.4 is 19.7 Å². The van der Waals surface area contributed by atoms with Gasteiger partial charge in [-0.3, -0.25) is 4.98 Å². The van der Waals surface area contributed by atoms with E-state index in [-0.39, 0.29) is 12.1 Å². The second-order valence-corrected chi connectivity index (χ2v) is 9.41. The minimum Gasteiger partial charge on any atom is -0.494 e. The molecule has 1 N–H and O–H groups in total. The Hall–Kier alpha value is -3.59. The molecule has 196 valence electrons. The number of halogens is 1. The maximum atomic E-state index is 6.60. The number of rotatable bonds is 10. The smallest absolute Gasteiger partial charge is 0.174 e. The van der Waals surface area contributed by atoms with Crippen molar-refractivity contribution in [2.75, 3.05) is 31.8 Å². The molecule has 0 spiro atoms. The van der Waals surface area contributed by atoms with E-state index in [4.69, 9.17) is 42.4 Å². The second kappa shape index (κ2) is 11.9. The molecule has 1 saturated heterocycles. The van der Waals surface area contributed by atoms with E-state index < -0.39 is 0 Å². The number of benzene rings is 2. The average molecular weight is 550 g/mol. The molecule has 0 aliphatic carbocycles. The normalized spacial score (nSPS) is 16.9. The van der Waals surface area contributed by atoms with Crippen LogP contribution in [0.25, 0.3) is 11.3 Å². The SMILES string of the molecule is CCOc1ccc(-c2ccc(C3C(c4ccccn4)NC(=S)N3c3ccc(OCCOC)c(Cl)c3)o2)cc1. The molecule has 2 aromatic heterocycles. The van der Waals surface area contributed by atoms with Gasteiger partial charge in [-0.15, -0.1) is 0 Å². The lowest BCUT2D eigenvalue weighted by molar-refractivity contribution is 0.146. The van der Waals surface area contributed by atoms with E-state index in [1.165, 1.54) is 0 Å². The molecule has 1 fully saturated rings. The van der Waals surface area contributed by atoms with Gasteiger partial charge < -0.3 is 28.8 Å². The monoisotopic (exact) mass is 549 g/mol. The van der Waals surface area contributed by atoms with Gasteiger partial charge in [0.15, 0.2) is 5.11 Å². The van der Waals surface area contributed by atoms with Crippen LogP contribution in [0.2, 0.25) is 5.02 Å². The lowest BCUT2D eigenvalue weighted by Gasteiger charge is -2.26. The first-order valence-electron chi connectivity index (χ1n) is 12.3. The van der Waals surface area contributed by atoms with Crippen LogP contribution in [0.3, 0.4) is 0 Å². The summed E-state index contributed by atoms with van der Waals surface area (Å²) in [6.45, 7) is 3.46. The first-order valence-corrected chi connectivity index (χ1v) is 13.1. The van der Waals surface area contributed by atoms with Gasteiger partial charge in [0.25, 0.3) is 0 Å². The van der Waals surface area contributed by atoms with Crippen LogP contribution in [0.15, 0.2) is 83.4 Å². The second-order valence-electron chi connectivity index (χ2n) is 8.61. The van der Waals surface area contributed by atoms with Crippen molar-refractivity contribution in [3.63, 3.8) is 0 Å². The van der Waals surface area contributed by atoms with Gasteiger partial charge in [-0.25, -0.2) is 0 Å². The molecule has 9 heteroatoms.